The summed E-state index contributed by atoms with van der Waals surface area (Å²) in [5.41, 5.74) is 1.71. The fraction of sp³-hybridized carbons (Fsp3) is 0.316. The highest BCUT2D eigenvalue weighted by Crippen LogP contribution is 2.16. The van der Waals surface area contributed by atoms with E-state index in [1.54, 1.807) is 10.6 Å². The van der Waals surface area contributed by atoms with Crippen LogP contribution in [0.2, 0.25) is 0 Å². The highest BCUT2D eigenvalue weighted by atomic mass is 32.1. The molecule has 0 bridgehead atoms. The van der Waals surface area contributed by atoms with E-state index in [0.29, 0.717) is 31.3 Å². The minimum atomic E-state index is -0.0389. The van der Waals surface area contributed by atoms with Gasteiger partial charge in [0.1, 0.15) is 23.9 Å². The zero-order valence-electron chi connectivity index (χ0n) is 14.8. The van der Waals surface area contributed by atoms with E-state index in [1.165, 1.54) is 0 Å². The summed E-state index contributed by atoms with van der Waals surface area (Å²) in [7, 11) is 0. The maximum atomic E-state index is 12.1. The molecule has 1 N–H and O–H groups in total. The number of thiocarbonyl (C=S) groups is 1. The first-order valence-corrected chi connectivity index (χ1v) is 8.92. The van der Waals surface area contributed by atoms with Crippen molar-refractivity contribution in [1.82, 2.24) is 14.9 Å². The molecule has 2 aromatic rings. The highest BCUT2D eigenvalue weighted by molar-refractivity contribution is 7.80. The van der Waals surface area contributed by atoms with Crippen molar-refractivity contribution >= 4 is 23.5 Å². The van der Waals surface area contributed by atoms with Gasteiger partial charge < -0.3 is 14.8 Å². The number of nitrogens with one attached hydrogen (secondary N) is 1. The van der Waals surface area contributed by atoms with Crippen LogP contribution in [-0.2, 0) is 17.7 Å². The molecule has 7 heteroatoms. The van der Waals surface area contributed by atoms with Crippen LogP contribution >= 0.6 is 12.2 Å². The molecule has 1 saturated heterocycles. The van der Waals surface area contributed by atoms with Gasteiger partial charge in [-0.15, -0.1) is 0 Å². The topological polar surface area (TPSA) is 65.4 Å². The van der Waals surface area contributed by atoms with E-state index in [1.807, 2.05) is 44.2 Å². The highest BCUT2D eigenvalue weighted by Gasteiger charge is 2.12. The van der Waals surface area contributed by atoms with Crippen LogP contribution < -0.4 is 15.6 Å². The van der Waals surface area contributed by atoms with E-state index in [2.05, 4.69) is 10.3 Å². The Kier molecular flexibility index (Phi) is 5.68. The minimum Gasteiger partial charge on any atom is -0.492 e. The van der Waals surface area contributed by atoms with Gasteiger partial charge in [-0.25, -0.2) is 4.98 Å². The molecule has 2 heterocycles. The first kappa shape index (κ1) is 18.1. The van der Waals surface area contributed by atoms with E-state index in [9.17, 15) is 4.79 Å². The number of rotatable bonds is 6. The summed E-state index contributed by atoms with van der Waals surface area (Å²) >= 11 is 4.93. The summed E-state index contributed by atoms with van der Waals surface area (Å²) < 4.78 is 12.8. The second-order valence-corrected chi connectivity index (χ2v) is 6.30. The Morgan fingerprint density at radius 3 is 2.81 bits per heavy atom. The Morgan fingerprint density at radius 1 is 1.38 bits per heavy atom. The molecule has 0 amide bonds. The largest absolute Gasteiger partial charge is 0.492 e. The van der Waals surface area contributed by atoms with Gasteiger partial charge in [-0.1, -0.05) is 19.1 Å². The third kappa shape index (κ3) is 4.49. The van der Waals surface area contributed by atoms with Crippen LogP contribution in [-0.4, -0.2) is 27.9 Å². The molecule has 1 fully saturated rings. The summed E-state index contributed by atoms with van der Waals surface area (Å²) in [6, 6.07) is 9.23. The third-order valence-electron chi connectivity index (χ3n) is 3.95. The van der Waals surface area contributed by atoms with Crippen molar-refractivity contribution in [3.63, 3.8) is 0 Å². The van der Waals surface area contributed by atoms with Crippen molar-refractivity contribution in [2.45, 2.75) is 26.8 Å². The Morgan fingerprint density at radius 2 is 2.15 bits per heavy atom. The molecule has 1 aromatic heterocycles. The molecule has 3 rings (SSSR count). The van der Waals surface area contributed by atoms with Gasteiger partial charge in [-0.05, 0) is 42.9 Å². The van der Waals surface area contributed by atoms with Crippen LogP contribution in [0.15, 0.2) is 40.9 Å². The summed E-state index contributed by atoms with van der Waals surface area (Å²) in [6.45, 7) is 5.30. The van der Waals surface area contributed by atoms with Gasteiger partial charge >= 0.3 is 0 Å². The lowest BCUT2D eigenvalue weighted by molar-refractivity contribution is 0.293. The third-order valence-corrected chi connectivity index (χ3v) is 4.18. The van der Waals surface area contributed by atoms with Crippen molar-refractivity contribution in [3.05, 3.63) is 63.5 Å². The number of nitrogens with zero attached hydrogens (tertiary/aromatic N) is 2. The summed E-state index contributed by atoms with van der Waals surface area (Å²) in [5.74, 6) is 2.32. The summed E-state index contributed by atoms with van der Waals surface area (Å²) in [4.78, 5) is 16.5. The number of hydrogen-bond acceptors (Lipinski definition) is 5. The minimum absolute atomic E-state index is 0.0389. The maximum Gasteiger partial charge on any atom is 0.262 e. The molecule has 0 unspecified atom stereocenters. The Hall–Kier alpha value is -2.67. The van der Waals surface area contributed by atoms with Gasteiger partial charge in [0.2, 0.25) is 0 Å². The summed E-state index contributed by atoms with van der Waals surface area (Å²) in [5, 5.41) is 3.35. The van der Waals surface area contributed by atoms with Gasteiger partial charge in [0.15, 0.2) is 0 Å². The van der Waals surface area contributed by atoms with Gasteiger partial charge in [-0.3, -0.25) is 9.36 Å². The molecule has 0 atom stereocenters. The number of aromatic nitrogens is 2. The molecule has 136 valence electrons. The smallest absolute Gasteiger partial charge is 0.262 e. The normalized spacial score (nSPS) is 15.0. The first-order valence-electron chi connectivity index (χ1n) is 8.51. The molecule has 1 aliphatic rings. The monoisotopic (exact) mass is 371 g/mol. The maximum absolute atomic E-state index is 12.1. The van der Waals surface area contributed by atoms with Crippen molar-refractivity contribution < 1.29 is 9.47 Å². The second-order valence-electron chi connectivity index (χ2n) is 5.93. The van der Waals surface area contributed by atoms with Crippen molar-refractivity contribution in [3.8, 4) is 5.75 Å². The Bertz CT molecular complexity index is 888. The summed E-state index contributed by atoms with van der Waals surface area (Å²) in [6.07, 6.45) is 2.64. The van der Waals surface area contributed by atoms with Crippen LogP contribution in [0.4, 0.5) is 0 Å². The average molecular weight is 371 g/mol. The molecular weight excluding hydrogens is 350 g/mol. The second kappa shape index (κ2) is 8.14. The number of ether oxygens (including phenoxy) is 2. The van der Waals surface area contributed by atoms with E-state index in [0.717, 1.165) is 28.6 Å². The molecular formula is C19H21N3O3S. The quantitative estimate of drug-likeness (QED) is 0.787. The number of benzene rings is 1. The zero-order valence-corrected chi connectivity index (χ0v) is 15.6. The average Bonchev–Trinajstić information content (AvgIpc) is 3.02. The van der Waals surface area contributed by atoms with E-state index >= 15 is 0 Å². The SMILES string of the molecule is CCc1nc(C)cc(=O)n1CCOc1ccc(C=C2CNC(=S)O2)cc1. The lowest BCUT2D eigenvalue weighted by Crippen LogP contribution is -2.27. The standard InChI is InChI=1S/C19H21N3O3S/c1-3-17-21-13(2)10-18(23)22(17)8-9-24-15-6-4-14(5-7-15)11-16-12-20-19(26)25-16/h4-7,10-11H,3,8-9,12H2,1-2H3,(H,20,26). The first-order chi connectivity index (χ1) is 12.5. The van der Waals surface area contributed by atoms with Crippen molar-refractivity contribution in [2.75, 3.05) is 13.2 Å². The number of hydrogen-bond donors (Lipinski definition) is 1. The van der Waals surface area contributed by atoms with E-state index in [4.69, 9.17) is 21.7 Å². The zero-order chi connectivity index (χ0) is 18.5. The Balaban J connectivity index is 1.59. The molecule has 0 saturated carbocycles. The molecule has 26 heavy (non-hydrogen) atoms. The van der Waals surface area contributed by atoms with E-state index in [-0.39, 0.29) is 5.56 Å². The number of aryl methyl sites for hydroxylation is 2. The van der Waals surface area contributed by atoms with Crippen molar-refractivity contribution in [2.24, 2.45) is 0 Å². The van der Waals surface area contributed by atoms with Gasteiger partial charge in [-0.2, -0.15) is 0 Å². The predicted molar refractivity (Wildman–Crippen MR) is 104 cm³/mol. The predicted octanol–water partition coefficient (Wildman–Crippen LogP) is 2.44. The lowest BCUT2D eigenvalue weighted by atomic mass is 10.2. The lowest BCUT2D eigenvalue weighted by Gasteiger charge is -2.12. The fourth-order valence-corrected chi connectivity index (χ4v) is 2.90. The van der Waals surface area contributed by atoms with Crippen LogP contribution in [0.5, 0.6) is 5.75 Å². The molecule has 6 nitrogen and oxygen atoms in total. The Labute approximate surface area is 157 Å². The van der Waals surface area contributed by atoms with Crippen LogP contribution in [0.3, 0.4) is 0 Å². The van der Waals surface area contributed by atoms with Crippen molar-refractivity contribution in [1.29, 1.82) is 0 Å². The molecule has 1 aliphatic heterocycles. The van der Waals surface area contributed by atoms with E-state index < -0.39 is 0 Å². The van der Waals surface area contributed by atoms with Gasteiger partial charge in [0.05, 0.1) is 13.1 Å². The molecule has 1 aromatic carbocycles. The van der Waals surface area contributed by atoms with Gasteiger partial charge in [0.25, 0.3) is 10.7 Å². The van der Waals surface area contributed by atoms with Crippen LogP contribution in [0, 0.1) is 6.92 Å². The fourth-order valence-electron chi connectivity index (χ4n) is 2.72. The van der Waals surface area contributed by atoms with Crippen LogP contribution in [0.1, 0.15) is 24.0 Å². The molecule has 0 spiro atoms. The molecule has 0 radical (unpaired) electrons. The molecule has 0 aliphatic carbocycles. The van der Waals surface area contributed by atoms with Crippen LogP contribution in [0.25, 0.3) is 6.08 Å². The van der Waals surface area contributed by atoms with Gasteiger partial charge in [0, 0.05) is 18.2 Å².